The van der Waals surface area contributed by atoms with Crippen molar-refractivity contribution in [2.45, 2.75) is 54.1 Å². The molecule has 176 valence electrons. The maximum absolute atomic E-state index is 10.5. The zero-order chi connectivity index (χ0) is 23.4. The molecule has 0 fully saturated rings. The fourth-order valence-corrected chi connectivity index (χ4v) is 2.25. The number of aliphatic hydroxyl groups excluding tert-OH is 3. The number of hydrogen-bond acceptors (Lipinski definition) is 6. The van der Waals surface area contributed by atoms with E-state index < -0.39 is 28.2 Å². The zero-order valence-electron chi connectivity index (χ0n) is 18.2. The first kappa shape index (κ1) is 35.9. The van der Waals surface area contributed by atoms with E-state index in [1.165, 1.54) is 0 Å². The molecule has 0 spiro atoms. The summed E-state index contributed by atoms with van der Waals surface area (Å²) in [7, 11) is -7.96. The van der Waals surface area contributed by atoms with E-state index in [0.29, 0.717) is 37.0 Å². The van der Waals surface area contributed by atoms with Crippen molar-refractivity contribution < 1.29 is 43.7 Å². The van der Waals surface area contributed by atoms with Crippen LogP contribution in [0.15, 0.2) is 0 Å². The molecule has 0 aromatic heterocycles. The van der Waals surface area contributed by atoms with Gasteiger partial charge in [0.15, 0.2) is 22.1 Å². The molecule has 1 atom stereocenters. The second-order valence-corrected chi connectivity index (χ2v) is 14.7. The first-order valence-electron chi connectivity index (χ1n) is 9.49. The largest absolute Gasteiger partial charge is 0.396 e. The highest BCUT2D eigenvalue weighted by molar-refractivity contribution is 7.58. The van der Waals surface area contributed by atoms with Crippen molar-refractivity contribution in [2.24, 2.45) is 0 Å². The Morgan fingerprint density at radius 3 is 0.857 bits per heavy atom. The normalized spacial score (nSPS) is 12.4. The van der Waals surface area contributed by atoms with Crippen LogP contribution in [0.3, 0.4) is 0 Å². The van der Waals surface area contributed by atoms with E-state index in [1.807, 2.05) is 0 Å². The third-order valence-corrected chi connectivity index (χ3v) is 9.57. The van der Waals surface area contributed by atoms with Crippen LogP contribution in [0.4, 0.5) is 0 Å². The predicted octanol–water partition coefficient (Wildman–Crippen LogP) is 2.61. The molecule has 1 unspecified atom stereocenters. The van der Waals surface area contributed by atoms with E-state index in [2.05, 4.69) is 0 Å². The van der Waals surface area contributed by atoms with E-state index >= 15 is 0 Å². The molecule has 0 radical (unpaired) electrons. The summed E-state index contributed by atoms with van der Waals surface area (Å²) < 4.78 is 31.5. The van der Waals surface area contributed by atoms with Gasteiger partial charge in [-0.2, -0.15) is 0 Å². The molecule has 0 aliphatic carbocycles. The Kier molecular flexibility index (Phi) is 26.5. The third-order valence-electron chi connectivity index (χ3n) is 3.64. The number of hydrogen-bond donors (Lipinski definition) is 6. The topological polar surface area (TPSA) is 173 Å². The summed E-state index contributed by atoms with van der Waals surface area (Å²) in [4.78, 5) is 26.1. The molecule has 0 rings (SSSR count). The molecule has 0 saturated carbocycles. The van der Waals surface area contributed by atoms with Crippen molar-refractivity contribution >= 4 is 22.1 Å². The number of aliphatic hydroxyl groups is 3. The molecule has 12 heteroatoms. The smallest absolute Gasteiger partial charge is 0.200 e. The average Bonchev–Trinajstić information content (AvgIpc) is 2.69. The van der Waals surface area contributed by atoms with Crippen LogP contribution < -0.4 is 0 Å². The van der Waals surface area contributed by atoms with E-state index in [4.69, 9.17) is 30.0 Å². The lowest BCUT2D eigenvalue weighted by atomic mass is 10.3. The van der Waals surface area contributed by atoms with Gasteiger partial charge < -0.3 is 30.0 Å². The van der Waals surface area contributed by atoms with Gasteiger partial charge in [-0.3, -0.25) is 13.7 Å². The highest BCUT2D eigenvalue weighted by Crippen LogP contribution is 2.39. The van der Waals surface area contributed by atoms with Crippen molar-refractivity contribution in [3.8, 4) is 0 Å². The molecular weight excluding hydrogens is 429 g/mol. The van der Waals surface area contributed by atoms with Crippen molar-refractivity contribution in [2.75, 3.05) is 50.2 Å². The Bertz CT molecular complexity index is 391. The fraction of sp³-hybridized carbons (Fsp3) is 1.00. The van der Waals surface area contributed by atoms with Gasteiger partial charge in [0.05, 0.1) is 12.7 Å². The van der Waals surface area contributed by atoms with E-state index in [-0.39, 0.29) is 19.6 Å². The molecule has 28 heavy (non-hydrogen) atoms. The molecule has 0 aromatic carbocycles. The summed E-state index contributed by atoms with van der Waals surface area (Å²) in [5.41, 5.74) is 0. The summed E-state index contributed by atoms with van der Waals surface area (Å²) in [5, 5.41) is 24.6. The van der Waals surface area contributed by atoms with E-state index in [0.717, 1.165) is 0 Å². The quantitative estimate of drug-likeness (QED) is 0.276. The maximum atomic E-state index is 10.5. The molecule has 0 bridgehead atoms. The third kappa shape index (κ3) is 31.2. The van der Waals surface area contributed by atoms with Gasteiger partial charge in [-0.15, -0.1) is 0 Å². The zero-order valence-corrected chi connectivity index (χ0v) is 20.9. The summed E-state index contributed by atoms with van der Waals surface area (Å²) in [5.74, 6) is 0. The van der Waals surface area contributed by atoms with Gasteiger partial charge in [-0.1, -0.05) is 41.5 Å². The Hall–Kier alpha value is 0.450. The first-order valence-corrected chi connectivity index (χ1v) is 15.6. The highest BCUT2D eigenvalue weighted by atomic mass is 31.2. The van der Waals surface area contributed by atoms with Crippen molar-refractivity contribution in [1.29, 1.82) is 0 Å². The predicted molar refractivity (Wildman–Crippen MR) is 118 cm³/mol. The molecule has 0 aromatic rings. The van der Waals surface area contributed by atoms with Crippen LogP contribution in [0.1, 0.15) is 48.0 Å². The van der Waals surface area contributed by atoms with Gasteiger partial charge in [0.1, 0.15) is 0 Å². The second kappa shape index (κ2) is 20.7. The number of rotatable bonds is 9. The van der Waals surface area contributed by atoms with Gasteiger partial charge in [0.2, 0.25) is 0 Å². The second-order valence-electron chi connectivity index (χ2n) is 5.78. The summed E-state index contributed by atoms with van der Waals surface area (Å²) in [6.07, 6.45) is 1.95. The van der Waals surface area contributed by atoms with Gasteiger partial charge >= 0.3 is 0 Å². The first-order chi connectivity index (χ1) is 12.7. The minimum atomic E-state index is -2.65. The van der Waals surface area contributed by atoms with Crippen molar-refractivity contribution in [3.63, 3.8) is 0 Å². The van der Waals surface area contributed by atoms with Crippen LogP contribution in [0.25, 0.3) is 0 Å². The van der Waals surface area contributed by atoms with Gasteiger partial charge in [0, 0.05) is 43.6 Å². The Morgan fingerprint density at radius 2 is 0.821 bits per heavy atom. The van der Waals surface area contributed by atoms with E-state index in [1.54, 1.807) is 41.5 Å². The van der Waals surface area contributed by atoms with Crippen LogP contribution in [-0.4, -0.2) is 86.3 Å². The molecular formula is C16H43O9P3. The lowest BCUT2D eigenvalue weighted by molar-refractivity contribution is 0.0721. The van der Waals surface area contributed by atoms with E-state index in [9.17, 15) is 13.7 Å². The van der Waals surface area contributed by atoms with Gasteiger partial charge in [0.25, 0.3) is 0 Å². The standard InChI is InChI=1S/C4H10O3.3C4H11O2P/c5-2-1-4(7)3-6;3*1-3-7(5,6)4-2/h4-7H,1-3H2;3*3-4H2,1-2H3,(H,5,6). The Balaban J connectivity index is -0.000000137. The van der Waals surface area contributed by atoms with Gasteiger partial charge in [-0.05, 0) is 6.42 Å². The average molecular weight is 472 g/mol. The minimum Gasteiger partial charge on any atom is -0.396 e. The summed E-state index contributed by atoms with van der Waals surface area (Å²) in [6.45, 7) is 10.0. The summed E-state index contributed by atoms with van der Waals surface area (Å²) >= 11 is 0. The SMILES string of the molecule is CCP(=O)(O)CC.CCP(=O)(O)CC.CCP(=O)(O)CC.OCCC(O)CO. The molecule has 6 N–H and O–H groups in total. The van der Waals surface area contributed by atoms with Crippen molar-refractivity contribution in [1.82, 2.24) is 0 Å². The molecule has 0 amide bonds. The Morgan fingerprint density at radius 1 is 0.607 bits per heavy atom. The monoisotopic (exact) mass is 472 g/mol. The minimum absolute atomic E-state index is 0.0677. The summed E-state index contributed by atoms with van der Waals surface area (Å²) in [6, 6.07) is 0. The molecule has 0 heterocycles. The van der Waals surface area contributed by atoms with Crippen LogP contribution in [0.2, 0.25) is 0 Å². The Labute approximate surface area is 170 Å². The molecule has 0 aliphatic heterocycles. The van der Waals surface area contributed by atoms with Crippen LogP contribution in [0, 0.1) is 0 Å². The fourth-order valence-electron chi connectivity index (χ4n) is 0.911. The van der Waals surface area contributed by atoms with Crippen LogP contribution in [0.5, 0.6) is 0 Å². The van der Waals surface area contributed by atoms with Crippen LogP contribution >= 0.6 is 22.1 Å². The lowest BCUT2D eigenvalue weighted by Crippen LogP contribution is -2.12. The van der Waals surface area contributed by atoms with Crippen molar-refractivity contribution in [3.05, 3.63) is 0 Å². The van der Waals surface area contributed by atoms with Gasteiger partial charge in [-0.25, -0.2) is 0 Å². The molecule has 9 nitrogen and oxygen atoms in total. The highest BCUT2D eigenvalue weighted by Gasteiger charge is 2.09. The van der Waals surface area contributed by atoms with Crippen LogP contribution in [-0.2, 0) is 13.7 Å². The maximum Gasteiger partial charge on any atom is 0.200 e. The molecule has 0 aliphatic rings. The lowest BCUT2D eigenvalue weighted by Gasteiger charge is -2.01. The molecule has 0 saturated heterocycles.